The molecular weight excluding hydrogens is 380 g/mol. The van der Waals surface area contributed by atoms with Gasteiger partial charge in [0.2, 0.25) is 0 Å². The third-order valence-corrected chi connectivity index (χ3v) is 6.12. The third-order valence-electron chi connectivity index (χ3n) is 3.61. The molecule has 0 fully saturated rings. The zero-order chi connectivity index (χ0) is 17.4. The summed E-state index contributed by atoms with van der Waals surface area (Å²) in [7, 11) is 0. The van der Waals surface area contributed by atoms with Crippen molar-refractivity contribution in [2.24, 2.45) is 0 Å². The van der Waals surface area contributed by atoms with E-state index in [1.165, 1.54) is 11.3 Å². The van der Waals surface area contributed by atoms with Crippen LogP contribution in [0.15, 0.2) is 29.6 Å². The molecule has 0 atom stereocenters. The normalized spacial score (nSPS) is 12.9. The van der Waals surface area contributed by atoms with Crippen molar-refractivity contribution in [3.8, 4) is 21.4 Å². The molecule has 0 spiro atoms. The van der Waals surface area contributed by atoms with E-state index < -0.39 is 0 Å². The number of carbonyl (C=O) groups is 1. The van der Waals surface area contributed by atoms with Crippen molar-refractivity contribution < 1.29 is 14.3 Å². The molecule has 0 bridgehead atoms. The van der Waals surface area contributed by atoms with E-state index in [9.17, 15) is 4.79 Å². The van der Waals surface area contributed by atoms with E-state index in [-0.39, 0.29) is 5.91 Å². The Kier molecular flexibility index (Phi) is 4.37. The zero-order valence-electron chi connectivity index (χ0n) is 13.2. The quantitative estimate of drug-likeness (QED) is 0.691. The molecule has 0 saturated heterocycles. The number of aryl methyl sites for hydroxylation is 1. The van der Waals surface area contributed by atoms with Crippen molar-refractivity contribution >= 4 is 45.9 Å². The summed E-state index contributed by atoms with van der Waals surface area (Å²) in [5.74, 6) is 0.922. The second-order valence-electron chi connectivity index (χ2n) is 5.34. The van der Waals surface area contributed by atoms with Crippen LogP contribution in [0.25, 0.3) is 9.88 Å². The number of thiophene rings is 1. The molecule has 4 rings (SSSR count). The second-order valence-corrected chi connectivity index (χ2v) is 7.69. The van der Waals surface area contributed by atoms with Crippen molar-refractivity contribution in [3.05, 3.63) is 45.2 Å². The Hall–Kier alpha value is -2.09. The molecule has 0 aliphatic carbocycles. The molecule has 0 saturated carbocycles. The number of halogens is 1. The highest BCUT2D eigenvalue weighted by Crippen LogP contribution is 2.38. The monoisotopic (exact) mass is 392 g/mol. The summed E-state index contributed by atoms with van der Waals surface area (Å²) < 4.78 is 11.0. The number of amides is 1. The van der Waals surface area contributed by atoms with Gasteiger partial charge in [-0.2, -0.15) is 0 Å². The average molecular weight is 393 g/mol. The van der Waals surface area contributed by atoms with E-state index in [0.29, 0.717) is 46.0 Å². The van der Waals surface area contributed by atoms with Crippen LogP contribution in [0.2, 0.25) is 5.02 Å². The van der Waals surface area contributed by atoms with Crippen LogP contribution in [0.3, 0.4) is 0 Å². The molecule has 8 heteroatoms. The summed E-state index contributed by atoms with van der Waals surface area (Å²) in [5, 5.41) is 6.07. The average Bonchev–Trinajstić information content (AvgIpc) is 3.25. The molecule has 3 aromatic rings. The fraction of sp³-hybridized carbons (Fsp3) is 0.176. The standard InChI is InChI=1S/C17H13ClN2O3S2/c1-9-15(25-17(19-9)14-3-2-6-24-14)16(21)20-11-8-13-12(7-10(11)18)22-4-5-23-13/h2-3,6-8H,4-5H2,1H3,(H,20,21). The Morgan fingerprint density at radius 3 is 2.76 bits per heavy atom. The van der Waals surface area contributed by atoms with Gasteiger partial charge in [-0.1, -0.05) is 17.7 Å². The van der Waals surface area contributed by atoms with Gasteiger partial charge >= 0.3 is 0 Å². The van der Waals surface area contributed by atoms with Crippen molar-refractivity contribution in [2.75, 3.05) is 18.5 Å². The summed E-state index contributed by atoms with van der Waals surface area (Å²) in [6, 6.07) is 7.29. The van der Waals surface area contributed by atoms with Crippen molar-refractivity contribution in [2.45, 2.75) is 6.92 Å². The van der Waals surface area contributed by atoms with E-state index in [1.54, 1.807) is 23.5 Å². The maximum atomic E-state index is 12.7. The fourth-order valence-corrected chi connectivity index (χ4v) is 4.41. The van der Waals surface area contributed by atoms with Gasteiger partial charge in [-0.05, 0) is 18.4 Å². The molecule has 25 heavy (non-hydrogen) atoms. The number of ether oxygens (including phenoxy) is 2. The summed E-state index contributed by atoms with van der Waals surface area (Å²) in [4.78, 5) is 18.8. The van der Waals surface area contributed by atoms with Gasteiger partial charge in [0.25, 0.3) is 5.91 Å². The molecule has 3 heterocycles. The molecule has 5 nitrogen and oxygen atoms in total. The molecule has 128 valence electrons. The first-order chi connectivity index (χ1) is 12.1. The minimum atomic E-state index is -0.239. The topological polar surface area (TPSA) is 60.5 Å². The summed E-state index contributed by atoms with van der Waals surface area (Å²) in [6.07, 6.45) is 0. The highest BCUT2D eigenvalue weighted by Gasteiger charge is 2.20. The van der Waals surface area contributed by atoms with Gasteiger partial charge in [0.05, 0.1) is 21.3 Å². The number of rotatable bonds is 3. The van der Waals surface area contributed by atoms with Gasteiger partial charge in [-0.3, -0.25) is 4.79 Å². The lowest BCUT2D eigenvalue weighted by atomic mass is 10.2. The zero-order valence-corrected chi connectivity index (χ0v) is 15.6. The Labute approximate surface area is 157 Å². The van der Waals surface area contributed by atoms with Crippen LogP contribution in [0.1, 0.15) is 15.4 Å². The SMILES string of the molecule is Cc1nc(-c2cccs2)sc1C(=O)Nc1cc2c(cc1Cl)OCCO2. The van der Waals surface area contributed by atoms with Crippen LogP contribution in [-0.4, -0.2) is 24.1 Å². The van der Waals surface area contributed by atoms with Gasteiger partial charge < -0.3 is 14.8 Å². The van der Waals surface area contributed by atoms with Crippen LogP contribution in [0, 0.1) is 6.92 Å². The van der Waals surface area contributed by atoms with Crippen molar-refractivity contribution in [1.82, 2.24) is 4.98 Å². The summed E-state index contributed by atoms with van der Waals surface area (Å²) in [5.41, 5.74) is 1.18. The third kappa shape index (κ3) is 3.22. The highest BCUT2D eigenvalue weighted by atomic mass is 35.5. The number of nitrogens with one attached hydrogen (secondary N) is 1. The first-order valence-corrected chi connectivity index (χ1v) is 9.61. The molecule has 0 unspecified atom stereocenters. The van der Waals surface area contributed by atoms with Crippen LogP contribution >= 0.6 is 34.3 Å². The molecule has 1 amide bonds. The Morgan fingerprint density at radius 1 is 1.28 bits per heavy atom. The first kappa shape index (κ1) is 16.4. The number of hydrogen-bond donors (Lipinski definition) is 1. The molecule has 1 N–H and O–H groups in total. The van der Waals surface area contributed by atoms with Crippen LogP contribution < -0.4 is 14.8 Å². The molecule has 1 aromatic carbocycles. The number of carbonyl (C=O) groups excluding carboxylic acids is 1. The Bertz CT molecular complexity index is 938. The maximum absolute atomic E-state index is 12.7. The van der Waals surface area contributed by atoms with Gasteiger partial charge in [0, 0.05) is 12.1 Å². The lowest BCUT2D eigenvalue weighted by molar-refractivity contribution is 0.102. The predicted molar refractivity (Wildman–Crippen MR) is 101 cm³/mol. The largest absolute Gasteiger partial charge is 0.486 e. The van der Waals surface area contributed by atoms with Gasteiger partial charge in [-0.25, -0.2) is 4.98 Å². The van der Waals surface area contributed by atoms with E-state index >= 15 is 0 Å². The molecule has 0 radical (unpaired) electrons. The van der Waals surface area contributed by atoms with Crippen LogP contribution in [-0.2, 0) is 0 Å². The van der Waals surface area contributed by atoms with E-state index in [4.69, 9.17) is 21.1 Å². The highest BCUT2D eigenvalue weighted by molar-refractivity contribution is 7.22. The summed E-state index contributed by atoms with van der Waals surface area (Å²) >= 11 is 9.22. The van der Waals surface area contributed by atoms with E-state index in [1.807, 2.05) is 24.4 Å². The smallest absolute Gasteiger partial charge is 0.267 e. The van der Waals surface area contributed by atoms with Gasteiger partial charge in [0.15, 0.2) is 11.5 Å². The number of aromatic nitrogens is 1. The number of benzene rings is 1. The lowest BCUT2D eigenvalue weighted by Crippen LogP contribution is -2.16. The number of fused-ring (bicyclic) bond motifs is 1. The van der Waals surface area contributed by atoms with Crippen LogP contribution in [0.5, 0.6) is 11.5 Å². The molecule has 1 aliphatic heterocycles. The number of hydrogen-bond acceptors (Lipinski definition) is 6. The summed E-state index contributed by atoms with van der Waals surface area (Å²) in [6.45, 7) is 2.79. The van der Waals surface area contributed by atoms with E-state index in [2.05, 4.69) is 10.3 Å². The molecule has 1 aliphatic rings. The fourth-order valence-electron chi connectivity index (χ4n) is 2.45. The number of anilines is 1. The Morgan fingerprint density at radius 2 is 2.04 bits per heavy atom. The Balaban J connectivity index is 1.60. The van der Waals surface area contributed by atoms with Gasteiger partial charge in [0.1, 0.15) is 23.1 Å². The molecular formula is C17H13ClN2O3S2. The first-order valence-electron chi connectivity index (χ1n) is 7.53. The van der Waals surface area contributed by atoms with Crippen molar-refractivity contribution in [1.29, 1.82) is 0 Å². The van der Waals surface area contributed by atoms with Gasteiger partial charge in [-0.15, -0.1) is 22.7 Å². The molecule has 2 aromatic heterocycles. The number of nitrogens with zero attached hydrogens (tertiary/aromatic N) is 1. The minimum absolute atomic E-state index is 0.239. The minimum Gasteiger partial charge on any atom is -0.486 e. The van der Waals surface area contributed by atoms with Crippen LogP contribution in [0.4, 0.5) is 5.69 Å². The predicted octanol–water partition coefficient (Wildman–Crippen LogP) is 4.86. The number of thiazole rings is 1. The second kappa shape index (κ2) is 6.67. The lowest BCUT2D eigenvalue weighted by Gasteiger charge is -2.19. The van der Waals surface area contributed by atoms with Crippen molar-refractivity contribution in [3.63, 3.8) is 0 Å². The van der Waals surface area contributed by atoms with E-state index in [0.717, 1.165) is 9.88 Å². The maximum Gasteiger partial charge on any atom is 0.267 e.